The summed E-state index contributed by atoms with van der Waals surface area (Å²) in [7, 11) is 0. The summed E-state index contributed by atoms with van der Waals surface area (Å²) >= 11 is 0. The zero-order chi connectivity index (χ0) is 19.6. The number of nitrogens with zero attached hydrogens (tertiary/aromatic N) is 2. The Balaban J connectivity index is 2.00. The standard InChI is InChI=1S/C21H26N2O4/c1-3-26-19-10-8-17(9-11-19)14-18(15-22)21(25)27-16(2)20(24)23-12-6-4-5-7-13-23/h8-11,14,16H,3-7,12-13H2,1-2H3/b18-14+/t16-/m1/s1. The zero-order valence-corrected chi connectivity index (χ0v) is 15.9. The number of rotatable bonds is 6. The molecule has 27 heavy (non-hydrogen) atoms. The Morgan fingerprint density at radius 1 is 1.19 bits per heavy atom. The lowest BCUT2D eigenvalue weighted by molar-refractivity contribution is -0.155. The summed E-state index contributed by atoms with van der Waals surface area (Å²) in [6.07, 6.45) is 4.69. The Morgan fingerprint density at radius 3 is 2.37 bits per heavy atom. The Hall–Kier alpha value is -2.81. The number of ether oxygens (including phenoxy) is 2. The van der Waals surface area contributed by atoms with Gasteiger partial charge in [-0.3, -0.25) is 4.79 Å². The molecule has 1 heterocycles. The highest BCUT2D eigenvalue weighted by atomic mass is 16.5. The fourth-order valence-electron chi connectivity index (χ4n) is 2.95. The highest BCUT2D eigenvalue weighted by Crippen LogP contribution is 2.16. The van der Waals surface area contributed by atoms with Gasteiger partial charge in [0.2, 0.25) is 0 Å². The molecule has 0 bridgehead atoms. The summed E-state index contributed by atoms with van der Waals surface area (Å²) in [6, 6.07) is 8.89. The molecular weight excluding hydrogens is 344 g/mol. The summed E-state index contributed by atoms with van der Waals surface area (Å²) < 4.78 is 10.6. The molecule has 0 unspecified atom stereocenters. The molecule has 1 aromatic rings. The molecule has 0 N–H and O–H groups in total. The first-order valence-corrected chi connectivity index (χ1v) is 9.39. The highest BCUT2D eigenvalue weighted by Gasteiger charge is 2.25. The predicted molar refractivity (Wildman–Crippen MR) is 102 cm³/mol. The molecule has 1 aromatic carbocycles. The first kappa shape index (κ1) is 20.5. The van der Waals surface area contributed by atoms with Crippen LogP contribution in [0.1, 0.15) is 45.1 Å². The number of amides is 1. The lowest BCUT2D eigenvalue weighted by atomic mass is 10.1. The van der Waals surface area contributed by atoms with Crippen molar-refractivity contribution in [2.75, 3.05) is 19.7 Å². The molecule has 0 aromatic heterocycles. The lowest BCUT2D eigenvalue weighted by Crippen LogP contribution is -2.40. The number of hydrogen-bond acceptors (Lipinski definition) is 5. The molecule has 6 nitrogen and oxygen atoms in total. The van der Waals surface area contributed by atoms with Gasteiger partial charge in [0.05, 0.1) is 6.61 Å². The number of carbonyl (C=O) groups is 2. The van der Waals surface area contributed by atoms with E-state index in [1.54, 1.807) is 36.1 Å². The number of hydrogen-bond donors (Lipinski definition) is 0. The number of nitriles is 1. The van der Waals surface area contributed by atoms with Crippen LogP contribution in [0.3, 0.4) is 0 Å². The molecule has 0 saturated carbocycles. The third kappa shape index (κ3) is 6.14. The van der Waals surface area contributed by atoms with Gasteiger partial charge < -0.3 is 14.4 Å². The van der Waals surface area contributed by atoms with E-state index in [2.05, 4.69) is 0 Å². The van der Waals surface area contributed by atoms with Crippen molar-refractivity contribution in [1.29, 1.82) is 5.26 Å². The van der Waals surface area contributed by atoms with Crippen LogP contribution in [0.15, 0.2) is 29.8 Å². The van der Waals surface area contributed by atoms with Crippen LogP contribution >= 0.6 is 0 Å². The third-order valence-corrected chi connectivity index (χ3v) is 4.39. The van der Waals surface area contributed by atoms with Crippen LogP contribution in [0.2, 0.25) is 0 Å². The van der Waals surface area contributed by atoms with Crippen LogP contribution in [-0.2, 0) is 14.3 Å². The van der Waals surface area contributed by atoms with E-state index in [-0.39, 0.29) is 11.5 Å². The van der Waals surface area contributed by atoms with Crippen LogP contribution in [0, 0.1) is 11.3 Å². The number of likely N-dealkylation sites (tertiary alicyclic amines) is 1. The van der Waals surface area contributed by atoms with Crippen molar-refractivity contribution in [3.8, 4) is 11.8 Å². The summed E-state index contributed by atoms with van der Waals surface area (Å²) in [5, 5.41) is 9.29. The monoisotopic (exact) mass is 370 g/mol. The SMILES string of the molecule is CCOc1ccc(/C=C(\C#N)C(=O)O[C@H](C)C(=O)N2CCCCCC2)cc1. The van der Waals surface area contributed by atoms with Crippen molar-refractivity contribution >= 4 is 18.0 Å². The van der Waals surface area contributed by atoms with Crippen molar-refractivity contribution in [2.24, 2.45) is 0 Å². The van der Waals surface area contributed by atoms with Crippen LogP contribution in [0.25, 0.3) is 6.08 Å². The minimum Gasteiger partial charge on any atom is -0.494 e. The molecule has 1 fully saturated rings. The first-order chi connectivity index (χ1) is 13.0. The fraction of sp³-hybridized carbons (Fsp3) is 0.476. The fourth-order valence-corrected chi connectivity index (χ4v) is 2.95. The second kappa shape index (κ2) is 10.4. The Bertz CT molecular complexity index is 711. The lowest BCUT2D eigenvalue weighted by Gasteiger charge is -2.23. The quantitative estimate of drug-likeness (QED) is 0.436. The molecule has 1 saturated heterocycles. The van der Waals surface area contributed by atoms with Crippen molar-refractivity contribution < 1.29 is 19.1 Å². The van der Waals surface area contributed by atoms with E-state index in [9.17, 15) is 14.9 Å². The summed E-state index contributed by atoms with van der Waals surface area (Å²) in [5.41, 5.74) is 0.535. The Morgan fingerprint density at radius 2 is 1.81 bits per heavy atom. The molecule has 0 spiro atoms. The van der Waals surface area contributed by atoms with Crippen LogP contribution in [0.5, 0.6) is 5.75 Å². The number of benzene rings is 1. The van der Waals surface area contributed by atoms with Gasteiger partial charge in [-0.25, -0.2) is 4.79 Å². The van der Waals surface area contributed by atoms with Crippen LogP contribution < -0.4 is 4.74 Å². The summed E-state index contributed by atoms with van der Waals surface area (Å²) in [5.74, 6) is -0.280. The Kier molecular flexibility index (Phi) is 7.87. The molecule has 0 radical (unpaired) electrons. The molecule has 2 rings (SSSR count). The topological polar surface area (TPSA) is 79.6 Å². The predicted octanol–water partition coefficient (Wildman–Crippen LogP) is 3.33. The molecule has 1 aliphatic heterocycles. The molecule has 1 amide bonds. The smallest absolute Gasteiger partial charge is 0.349 e. The minimum absolute atomic E-state index is 0.144. The largest absolute Gasteiger partial charge is 0.494 e. The van der Waals surface area contributed by atoms with E-state index in [0.717, 1.165) is 25.7 Å². The van der Waals surface area contributed by atoms with Crippen molar-refractivity contribution in [2.45, 2.75) is 45.6 Å². The van der Waals surface area contributed by atoms with Gasteiger partial charge in [-0.1, -0.05) is 25.0 Å². The first-order valence-electron chi connectivity index (χ1n) is 9.39. The maximum atomic E-state index is 12.5. The van der Waals surface area contributed by atoms with Crippen LogP contribution in [-0.4, -0.2) is 42.6 Å². The van der Waals surface area contributed by atoms with Gasteiger partial charge in [0.25, 0.3) is 5.91 Å². The maximum Gasteiger partial charge on any atom is 0.349 e. The van der Waals surface area contributed by atoms with Gasteiger partial charge in [0.15, 0.2) is 6.10 Å². The molecule has 1 aliphatic rings. The van der Waals surface area contributed by atoms with E-state index < -0.39 is 12.1 Å². The number of carbonyl (C=O) groups excluding carboxylic acids is 2. The van der Waals surface area contributed by atoms with Crippen molar-refractivity contribution in [3.63, 3.8) is 0 Å². The van der Waals surface area contributed by atoms with Gasteiger partial charge in [-0.2, -0.15) is 5.26 Å². The van der Waals surface area contributed by atoms with Gasteiger partial charge >= 0.3 is 5.97 Å². The average molecular weight is 370 g/mol. The van der Waals surface area contributed by atoms with Gasteiger partial charge in [0.1, 0.15) is 17.4 Å². The van der Waals surface area contributed by atoms with Crippen molar-refractivity contribution in [1.82, 2.24) is 4.90 Å². The van der Waals surface area contributed by atoms with Gasteiger partial charge in [0, 0.05) is 13.1 Å². The highest BCUT2D eigenvalue weighted by molar-refractivity contribution is 5.99. The molecule has 6 heteroatoms. The van der Waals surface area contributed by atoms with Crippen LogP contribution in [0.4, 0.5) is 0 Å². The molecular formula is C21H26N2O4. The summed E-state index contributed by atoms with van der Waals surface area (Å²) in [4.78, 5) is 26.5. The van der Waals surface area contributed by atoms with Gasteiger partial charge in [-0.15, -0.1) is 0 Å². The van der Waals surface area contributed by atoms with Gasteiger partial charge in [-0.05, 0) is 50.5 Å². The summed E-state index contributed by atoms with van der Waals surface area (Å²) in [6.45, 7) is 5.39. The van der Waals surface area contributed by atoms with E-state index in [4.69, 9.17) is 9.47 Å². The van der Waals surface area contributed by atoms with Crippen molar-refractivity contribution in [3.05, 3.63) is 35.4 Å². The second-order valence-electron chi connectivity index (χ2n) is 6.46. The second-order valence-corrected chi connectivity index (χ2v) is 6.46. The molecule has 1 atom stereocenters. The number of esters is 1. The Labute approximate surface area is 160 Å². The average Bonchev–Trinajstić information content (AvgIpc) is 2.96. The third-order valence-electron chi connectivity index (χ3n) is 4.39. The van der Waals surface area contributed by atoms with E-state index >= 15 is 0 Å². The van der Waals surface area contributed by atoms with E-state index in [1.807, 2.05) is 13.0 Å². The van der Waals surface area contributed by atoms with E-state index in [0.29, 0.717) is 31.0 Å². The maximum absolute atomic E-state index is 12.5. The zero-order valence-electron chi connectivity index (χ0n) is 15.9. The normalized spacial score (nSPS) is 16.0. The molecule has 144 valence electrons. The minimum atomic E-state index is -0.910. The van der Waals surface area contributed by atoms with E-state index in [1.165, 1.54) is 6.08 Å². The molecule has 0 aliphatic carbocycles.